The smallest absolute Gasteiger partial charge is 0.253 e. The number of hydrogen-bond acceptors (Lipinski definition) is 2. The second-order valence-electron chi connectivity index (χ2n) is 4.11. The summed E-state index contributed by atoms with van der Waals surface area (Å²) in [7, 11) is 3.17. The molecule has 2 amide bonds. The minimum absolute atomic E-state index is 0.120. The van der Waals surface area contributed by atoms with E-state index in [0.717, 1.165) is 0 Å². The van der Waals surface area contributed by atoms with Gasteiger partial charge >= 0.3 is 0 Å². The van der Waals surface area contributed by atoms with Gasteiger partial charge < -0.3 is 10.2 Å². The first-order valence-corrected chi connectivity index (χ1v) is 5.68. The third-order valence-electron chi connectivity index (χ3n) is 2.72. The molecule has 0 spiro atoms. The number of nitrogens with one attached hydrogen (secondary N) is 1. The van der Waals surface area contributed by atoms with Crippen LogP contribution in [0.2, 0.25) is 0 Å². The SMILES string of the molecule is CNC(=O)CCN(C)C(=O)c1ccc(F)cc1C. The summed E-state index contributed by atoms with van der Waals surface area (Å²) in [4.78, 5) is 24.6. The first kappa shape index (κ1) is 14.2. The first-order valence-electron chi connectivity index (χ1n) is 5.68. The van der Waals surface area contributed by atoms with Crippen molar-refractivity contribution in [3.05, 3.63) is 35.1 Å². The highest BCUT2D eigenvalue weighted by Gasteiger charge is 2.15. The van der Waals surface area contributed by atoms with Crippen molar-refractivity contribution in [1.29, 1.82) is 0 Å². The number of carbonyl (C=O) groups excluding carboxylic acids is 2. The molecule has 0 aliphatic rings. The lowest BCUT2D eigenvalue weighted by Crippen LogP contribution is -2.31. The summed E-state index contributed by atoms with van der Waals surface area (Å²) in [6, 6.07) is 4.04. The molecular formula is C13H17FN2O2. The second kappa shape index (κ2) is 6.14. The fraction of sp³-hybridized carbons (Fsp3) is 0.385. The van der Waals surface area contributed by atoms with E-state index in [0.29, 0.717) is 17.7 Å². The van der Waals surface area contributed by atoms with Gasteiger partial charge in [0.2, 0.25) is 5.91 Å². The maximum Gasteiger partial charge on any atom is 0.253 e. The van der Waals surface area contributed by atoms with Crippen LogP contribution >= 0.6 is 0 Å². The Morgan fingerprint density at radius 1 is 1.39 bits per heavy atom. The predicted octanol–water partition coefficient (Wildman–Crippen LogP) is 1.34. The summed E-state index contributed by atoms with van der Waals surface area (Å²) < 4.78 is 12.9. The molecule has 0 radical (unpaired) electrons. The standard InChI is InChI=1S/C13H17FN2O2/c1-9-8-10(14)4-5-11(9)13(18)16(3)7-6-12(17)15-2/h4-5,8H,6-7H2,1-3H3,(H,15,17). The van der Waals surface area contributed by atoms with Crippen LogP contribution in [0.5, 0.6) is 0 Å². The summed E-state index contributed by atoms with van der Waals surface area (Å²) in [5.41, 5.74) is 1.04. The van der Waals surface area contributed by atoms with Crippen LogP contribution in [0.1, 0.15) is 22.3 Å². The van der Waals surface area contributed by atoms with E-state index in [4.69, 9.17) is 0 Å². The molecule has 0 saturated carbocycles. The maximum atomic E-state index is 12.9. The molecule has 0 fully saturated rings. The summed E-state index contributed by atoms with van der Waals surface area (Å²) in [6.07, 6.45) is 0.249. The van der Waals surface area contributed by atoms with Crippen molar-refractivity contribution in [2.75, 3.05) is 20.6 Å². The molecule has 0 heterocycles. The number of benzene rings is 1. The predicted molar refractivity (Wildman–Crippen MR) is 66.8 cm³/mol. The summed E-state index contributed by atoms with van der Waals surface area (Å²) >= 11 is 0. The van der Waals surface area contributed by atoms with Crippen molar-refractivity contribution in [2.24, 2.45) is 0 Å². The van der Waals surface area contributed by atoms with Crippen molar-refractivity contribution in [2.45, 2.75) is 13.3 Å². The molecule has 0 bridgehead atoms. The summed E-state index contributed by atoms with van der Waals surface area (Å²) in [5, 5.41) is 2.49. The van der Waals surface area contributed by atoms with Crippen LogP contribution in [0, 0.1) is 12.7 Å². The Morgan fingerprint density at radius 2 is 2.06 bits per heavy atom. The van der Waals surface area contributed by atoms with Gasteiger partial charge in [-0.2, -0.15) is 0 Å². The third-order valence-corrected chi connectivity index (χ3v) is 2.72. The molecule has 1 N–H and O–H groups in total. The van der Waals surface area contributed by atoms with E-state index in [1.807, 2.05) is 0 Å². The first-order chi connectivity index (χ1) is 8.45. The lowest BCUT2D eigenvalue weighted by Gasteiger charge is -2.17. The molecule has 18 heavy (non-hydrogen) atoms. The molecule has 0 aromatic heterocycles. The molecule has 98 valence electrons. The zero-order valence-corrected chi connectivity index (χ0v) is 10.8. The van der Waals surface area contributed by atoms with E-state index < -0.39 is 0 Å². The van der Waals surface area contributed by atoms with Crippen LogP contribution in [0.3, 0.4) is 0 Å². The van der Waals surface area contributed by atoms with Crippen LogP contribution in [-0.2, 0) is 4.79 Å². The average molecular weight is 252 g/mol. The van der Waals surface area contributed by atoms with Crippen molar-refractivity contribution >= 4 is 11.8 Å². The Kier molecular flexibility index (Phi) is 4.83. The van der Waals surface area contributed by atoms with Gasteiger partial charge in [0.15, 0.2) is 0 Å². The number of halogens is 1. The lowest BCUT2D eigenvalue weighted by molar-refractivity contribution is -0.120. The highest BCUT2D eigenvalue weighted by Crippen LogP contribution is 2.12. The van der Waals surface area contributed by atoms with Gasteiger partial charge in [0.1, 0.15) is 5.82 Å². The number of nitrogens with zero attached hydrogens (tertiary/aromatic N) is 1. The molecular weight excluding hydrogens is 235 g/mol. The highest BCUT2D eigenvalue weighted by molar-refractivity contribution is 5.95. The van der Waals surface area contributed by atoms with E-state index >= 15 is 0 Å². The van der Waals surface area contributed by atoms with Gasteiger partial charge in [-0.15, -0.1) is 0 Å². The molecule has 0 aliphatic carbocycles. The van der Waals surface area contributed by atoms with Crippen molar-refractivity contribution in [1.82, 2.24) is 10.2 Å². The van der Waals surface area contributed by atoms with Crippen molar-refractivity contribution in [3.8, 4) is 0 Å². The fourth-order valence-corrected chi connectivity index (χ4v) is 1.57. The normalized spacial score (nSPS) is 10.0. The van der Waals surface area contributed by atoms with Gasteiger partial charge in [-0.05, 0) is 30.7 Å². The van der Waals surface area contributed by atoms with Crippen LogP contribution in [-0.4, -0.2) is 37.4 Å². The number of carbonyl (C=O) groups is 2. The van der Waals surface area contributed by atoms with Crippen LogP contribution in [0.15, 0.2) is 18.2 Å². The van der Waals surface area contributed by atoms with Gasteiger partial charge in [-0.25, -0.2) is 4.39 Å². The van der Waals surface area contributed by atoms with E-state index in [9.17, 15) is 14.0 Å². The number of aryl methyl sites for hydroxylation is 1. The van der Waals surface area contributed by atoms with Gasteiger partial charge in [0.05, 0.1) is 0 Å². The Hall–Kier alpha value is -1.91. The molecule has 0 aliphatic heterocycles. The Labute approximate surface area is 106 Å². The maximum absolute atomic E-state index is 12.9. The van der Waals surface area contributed by atoms with E-state index in [1.54, 1.807) is 21.0 Å². The Bertz CT molecular complexity index is 460. The zero-order valence-electron chi connectivity index (χ0n) is 10.8. The molecule has 1 rings (SSSR count). The average Bonchev–Trinajstić information content (AvgIpc) is 2.34. The highest BCUT2D eigenvalue weighted by atomic mass is 19.1. The van der Waals surface area contributed by atoms with Gasteiger partial charge in [0.25, 0.3) is 5.91 Å². The van der Waals surface area contributed by atoms with E-state index in [-0.39, 0.29) is 24.1 Å². The number of rotatable bonds is 4. The van der Waals surface area contributed by atoms with Crippen LogP contribution in [0.4, 0.5) is 4.39 Å². The minimum atomic E-state index is -0.364. The van der Waals surface area contributed by atoms with Crippen molar-refractivity contribution in [3.63, 3.8) is 0 Å². The molecule has 0 atom stereocenters. The van der Waals surface area contributed by atoms with Gasteiger partial charge in [-0.3, -0.25) is 9.59 Å². The van der Waals surface area contributed by atoms with Gasteiger partial charge in [0, 0.05) is 32.6 Å². The molecule has 1 aromatic rings. The van der Waals surface area contributed by atoms with E-state index in [1.165, 1.54) is 23.1 Å². The molecule has 1 aromatic carbocycles. The fourth-order valence-electron chi connectivity index (χ4n) is 1.57. The third kappa shape index (κ3) is 3.55. The molecule has 5 heteroatoms. The monoisotopic (exact) mass is 252 g/mol. The summed E-state index contributed by atoms with van der Waals surface area (Å²) in [5.74, 6) is -0.695. The van der Waals surface area contributed by atoms with E-state index in [2.05, 4.69) is 5.32 Å². The Morgan fingerprint density at radius 3 is 2.61 bits per heavy atom. The largest absolute Gasteiger partial charge is 0.359 e. The second-order valence-corrected chi connectivity index (χ2v) is 4.11. The minimum Gasteiger partial charge on any atom is -0.359 e. The Balaban J connectivity index is 2.71. The van der Waals surface area contributed by atoms with Crippen molar-refractivity contribution < 1.29 is 14.0 Å². The number of hydrogen-bond donors (Lipinski definition) is 1. The zero-order chi connectivity index (χ0) is 13.7. The topological polar surface area (TPSA) is 49.4 Å². The number of amides is 2. The van der Waals surface area contributed by atoms with Crippen LogP contribution in [0.25, 0.3) is 0 Å². The summed E-state index contributed by atoms with van der Waals surface area (Å²) in [6.45, 7) is 2.01. The van der Waals surface area contributed by atoms with Gasteiger partial charge in [-0.1, -0.05) is 0 Å². The lowest BCUT2D eigenvalue weighted by atomic mass is 10.1. The quantitative estimate of drug-likeness (QED) is 0.879. The van der Waals surface area contributed by atoms with Crippen LogP contribution < -0.4 is 5.32 Å². The molecule has 0 saturated heterocycles. The molecule has 4 nitrogen and oxygen atoms in total. The molecule has 0 unspecified atom stereocenters.